The number of fused-ring (bicyclic) bond motifs is 1. The third-order valence-corrected chi connectivity index (χ3v) is 3.21. The van der Waals surface area contributed by atoms with E-state index in [0.717, 1.165) is 17.3 Å². The fraction of sp³-hybridized carbons (Fsp3) is 0.125. The lowest BCUT2D eigenvalue weighted by Crippen LogP contribution is -2.09. The minimum atomic E-state index is 0.313. The summed E-state index contributed by atoms with van der Waals surface area (Å²) in [5.74, 6) is 0.521. The Labute approximate surface area is 122 Å². The first-order valence-electron chi connectivity index (χ1n) is 6.66. The van der Waals surface area contributed by atoms with E-state index in [2.05, 4.69) is 38.5 Å². The molecule has 0 radical (unpaired) electrons. The molecule has 21 heavy (non-hydrogen) atoms. The number of nitriles is 1. The second kappa shape index (κ2) is 5.97. The number of hydrogen-bond acceptors (Lipinski definition) is 5. The summed E-state index contributed by atoms with van der Waals surface area (Å²) in [7, 11) is 0. The van der Waals surface area contributed by atoms with Crippen LogP contribution >= 0.6 is 0 Å². The lowest BCUT2D eigenvalue weighted by atomic mass is 10.1. The van der Waals surface area contributed by atoms with Gasteiger partial charge in [-0.2, -0.15) is 5.26 Å². The van der Waals surface area contributed by atoms with Gasteiger partial charge in [-0.3, -0.25) is 4.98 Å². The molecule has 5 heteroatoms. The maximum absolute atomic E-state index is 8.97. The molecule has 2 heterocycles. The Bertz CT molecular complexity index is 802. The van der Waals surface area contributed by atoms with Crippen LogP contribution < -0.4 is 5.32 Å². The molecule has 2 aromatic heterocycles. The van der Waals surface area contributed by atoms with Crippen molar-refractivity contribution in [2.75, 3.05) is 11.9 Å². The molecule has 1 aromatic carbocycles. The van der Waals surface area contributed by atoms with E-state index >= 15 is 0 Å². The van der Waals surface area contributed by atoms with Crippen LogP contribution in [0.4, 0.5) is 5.82 Å². The van der Waals surface area contributed by atoms with Gasteiger partial charge in [-0.15, -0.1) is 0 Å². The molecule has 0 saturated heterocycles. The van der Waals surface area contributed by atoms with E-state index < -0.39 is 0 Å². The van der Waals surface area contributed by atoms with Crippen molar-refractivity contribution in [2.45, 2.75) is 6.42 Å². The molecule has 3 rings (SSSR count). The van der Waals surface area contributed by atoms with Gasteiger partial charge < -0.3 is 5.32 Å². The Morgan fingerprint density at radius 1 is 1.00 bits per heavy atom. The van der Waals surface area contributed by atoms with Gasteiger partial charge in [0, 0.05) is 30.5 Å². The van der Waals surface area contributed by atoms with Crippen LogP contribution in [0.1, 0.15) is 11.3 Å². The number of nitrogens with one attached hydrogen (secondary N) is 1. The number of nitrogens with zero attached hydrogens (tertiary/aromatic N) is 4. The molecule has 0 spiro atoms. The Morgan fingerprint density at radius 2 is 1.86 bits per heavy atom. The maximum Gasteiger partial charge on any atom is 0.182 e. The van der Waals surface area contributed by atoms with Gasteiger partial charge in [-0.05, 0) is 18.1 Å². The molecule has 102 valence electrons. The zero-order valence-electron chi connectivity index (χ0n) is 11.3. The van der Waals surface area contributed by atoms with Gasteiger partial charge in [-0.1, -0.05) is 24.3 Å². The topological polar surface area (TPSA) is 74.5 Å². The highest BCUT2D eigenvalue weighted by Gasteiger charge is 2.05. The molecule has 0 saturated carbocycles. The normalized spacial score (nSPS) is 10.2. The van der Waals surface area contributed by atoms with E-state index in [1.807, 2.05) is 18.2 Å². The van der Waals surface area contributed by atoms with E-state index in [9.17, 15) is 0 Å². The third kappa shape index (κ3) is 2.79. The van der Waals surface area contributed by atoms with Crippen molar-refractivity contribution in [3.63, 3.8) is 0 Å². The summed E-state index contributed by atoms with van der Waals surface area (Å²) in [5, 5.41) is 13.3. The average Bonchev–Trinajstić information content (AvgIpc) is 2.55. The van der Waals surface area contributed by atoms with Crippen molar-refractivity contribution in [1.82, 2.24) is 15.0 Å². The molecule has 0 unspecified atom stereocenters. The van der Waals surface area contributed by atoms with Gasteiger partial charge in [-0.25, -0.2) is 9.97 Å². The molecule has 3 aromatic rings. The Hall–Kier alpha value is -3.00. The van der Waals surface area contributed by atoms with E-state index in [1.54, 1.807) is 12.4 Å². The molecule has 0 amide bonds. The largest absolute Gasteiger partial charge is 0.367 e. The number of pyridine rings is 1. The zero-order valence-corrected chi connectivity index (χ0v) is 11.3. The molecule has 1 N–H and O–H groups in total. The van der Waals surface area contributed by atoms with Crippen molar-refractivity contribution < 1.29 is 0 Å². The van der Waals surface area contributed by atoms with Crippen LogP contribution in [0.25, 0.3) is 10.9 Å². The fourth-order valence-electron chi connectivity index (χ4n) is 2.23. The van der Waals surface area contributed by atoms with E-state index in [-0.39, 0.29) is 0 Å². The molecule has 0 bridgehead atoms. The fourth-order valence-corrected chi connectivity index (χ4v) is 2.23. The Morgan fingerprint density at radius 3 is 2.76 bits per heavy atom. The Balaban J connectivity index is 1.74. The van der Waals surface area contributed by atoms with Crippen molar-refractivity contribution in [3.05, 3.63) is 60.2 Å². The molecule has 0 aliphatic rings. The number of para-hydroxylation sites is 1. The lowest BCUT2D eigenvalue weighted by Gasteiger charge is -2.08. The van der Waals surface area contributed by atoms with Crippen molar-refractivity contribution in [1.29, 1.82) is 5.26 Å². The minimum Gasteiger partial charge on any atom is -0.367 e. The molecule has 0 atom stereocenters. The highest BCUT2D eigenvalue weighted by atomic mass is 15.0. The van der Waals surface area contributed by atoms with E-state index in [1.165, 1.54) is 11.8 Å². The van der Waals surface area contributed by atoms with Crippen molar-refractivity contribution in [3.8, 4) is 6.07 Å². The van der Waals surface area contributed by atoms with Crippen LogP contribution in [0.15, 0.2) is 48.9 Å². The summed E-state index contributed by atoms with van der Waals surface area (Å²) in [6.45, 7) is 0.670. The summed E-state index contributed by atoms with van der Waals surface area (Å²) < 4.78 is 0. The average molecular weight is 275 g/mol. The van der Waals surface area contributed by atoms with Crippen LogP contribution in [0, 0.1) is 11.3 Å². The summed E-state index contributed by atoms with van der Waals surface area (Å²) >= 11 is 0. The van der Waals surface area contributed by atoms with Crippen molar-refractivity contribution >= 4 is 16.7 Å². The van der Waals surface area contributed by atoms with Crippen LogP contribution in [0.5, 0.6) is 0 Å². The number of rotatable bonds is 4. The van der Waals surface area contributed by atoms with Gasteiger partial charge >= 0.3 is 0 Å². The minimum absolute atomic E-state index is 0.313. The number of anilines is 1. The highest BCUT2D eigenvalue weighted by Crippen LogP contribution is 2.16. The molecule has 0 fully saturated rings. The summed E-state index contributed by atoms with van der Waals surface area (Å²) in [6.07, 6.45) is 5.69. The Kier molecular flexibility index (Phi) is 3.70. The molecular weight excluding hydrogens is 262 g/mol. The van der Waals surface area contributed by atoms with Crippen LogP contribution in [-0.4, -0.2) is 21.5 Å². The van der Waals surface area contributed by atoms with Gasteiger partial charge in [0.05, 0.1) is 5.52 Å². The first kappa shape index (κ1) is 13.0. The predicted octanol–water partition coefficient (Wildman–Crippen LogP) is 2.55. The summed E-state index contributed by atoms with van der Waals surface area (Å²) in [4.78, 5) is 12.5. The van der Waals surface area contributed by atoms with Gasteiger partial charge in [0.25, 0.3) is 0 Å². The first-order valence-corrected chi connectivity index (χ1v) is 6.66. The van der Waals surface area contributed by atoms with Crippen LogP contribution in [-0.2, 0) is 6.42 Å². The first-order chi connectivity index (χ1) is 10.4. The molecule has 5 nitrogen and oxygen atoms in total. The monoisotopic (exact) mass is 275 g/mol. The summed E-state index contributed by atoms with van der Waals surface area (Å²) in [5.41, 5.74) is 2.50. The molecular formula is C16H13N5. The van der Waals surface area contributed by atoms with Gasteiger partial charge in [0.2, 0.25) is 0 Å². The smallest absolute Gasteiger partial charge is 0.182 e. The molecule has 0 aliphatic carbocycles. The van der Waals surface area contributed by atoms with E-state index in [0.29, 0.717) is 18.1 Å². The standard InChI is InChI=1S/C16H13N5/c17-11-14-16(21-10-9-18-14)20-8-6-13-4-1-3-12-5-2-7-19-15(12)13/h1-5,7,9-10H,6,8H2,(H,20,21). The second-order valence-corrected chi connectivity index (χ2v) is 4.53. The van der Waals surface area contributed by atoms with Gasteiger partial charge in [0.15, 0.2) is 11.5 Å². The predicted molar refractivity (Wildman–Crippen MR) is 80.7 cm³/mol. The van der Waals surface area contributed by atoms with Crippen LogP contribution in [0.2, 0.25) is 0 Å². The zero-order chi connectivity index (χ0) is 14.5. The molecule has 0 aliphatic heterocycles. The SMILES string of the molecule is N#Cc1nccnc1NCCc1cccc2cccnc12. The number of benzene rings is 1. The van der Waals surface area contributed by atoms with Crippen molar-refractivity contribution in [2.24, 2.45) is 0 Å². The maximum atomic E-state index is 8.97. The number of hydrogen-bond donors (Lipinski definition) is 1. The van der Waals surface area contributed by atoms with Gasteiger partial charge in [0.1, 0.15) is 6.07 Å². The highest BCUT2D eigenvalue weighted by molar-refractivity contribution is 5.81. The number of aromatic nitrogens is 3. The van der Waals surface area contributed by atoms with E-state index in [4.69, 9.17) is 5.26 Å². The quantitative estimate of drug-likeness (QED) is 0.792. The van der Waals surface area contributed by atoms with Crippen LogP contribution in [0.3, 0.4) is 0 Å². The third-order valence-electron chi connectivity index (χ3n) is 3.21. The summed E-state index contributed by atoms with van der Waals surface area (Å²) in [6, 6.07) is 12.2. The lowest BCUT2D eigenvalue weighted by molar-refractivity contribution is 0.999. The second-order valence-electron chi connectivity index (χ2n) is 4.53.